The lowest BCUT2D eigenvalue weighted by Gasteiger charge is -2.21. The molecule has 0 bridgehead atoms. The molecular formula is C25H34N4O2. The van der Waals surface area contributed by atoms with E-state index in [1.165, 1.54) is 29.2 Å². The number of hydrogen-bond donors (Lipinski definition) is 1. The van der Waals surface area contributed by atoms with Crippen LogP contribution in [0.1, 0.15) is 46.0 Å². The van der Waals surface area contributed by atoms with E-state index in [1.54, 1.807) is 6.07 Å². The van der Waals surface area contributed by atoms with Gasteiger partial charge in [-0.25, -0.2) is 4.68 Å². The van der Waals surface area contributed by atoms with Crippen molar-refractivity contribution in [2.24, 2.45) is 0 Å². The van der Waals surface area contributed by atoms with Gasteiger partial charge < -0.3 is 10.6 Å². The van der Waals surface area contributed by atoms with Crippen LogP contribution < -0.4 is 16.1 Å². The standard InChI is InChI=1S/C25H34N4O2/c1-4-19(5-2)22-10-9-16-28(18-20(22)6-3)15-7-8-17-31-23-13-11-21-12-14-24(30)29(26)25(21)27-23/h4,6,11-14H,3,5,7-10,15-18,26H2,1-2H3/b19-4-. The Morgan fingerprint density at radius 1 is 1.29 bits per heavy atom. The minimum atomic E-state index is -0.286. The quantitative estimate of drug-likeness (QED) is 0.484. The Kier molecular flexibility index (Phi) is 8.06. The first-order valence-electron chi connectivity index (χ1n) is 11.2. The number of ether oxygens (including phenoxy) is 1. The largest absolute Gasteiger partial charge is 0.478 e. The summed E-state index contributed by atoms with van der Waals surface area (Å²) in [5.41, 5.74) is 4.47. The van der Waals surface area contributed by atoms with Gasteiger partial charge in [0.2, 0.25) is 5.88 Å². The van der Waals surface area contributed by atoms with Crippen LogP contribution in [0.15, 0.2) is 64.5 Å². The first kappa shape index (κ1) is 22.8. The summed E-state index contributed by atoms with van der Waals surface area (Å²) in [6, 6.07) is 6.84. The number of pyridine rings is 2. The number of nitrogen functional groups attached to an aromatic ring is 1. The van der Waals surface area contributed by atoms with Gasteiger partial charge in [0, 0.05) is 24.1 Å². The summed E-state index contributed by atoms with van der Waals surface area (Å²) < 4.78 is 6.86. The normalized spacial score (nSPS) is 15.9. The van der Waals surface area contributed by atoms with Gasteiger partial charge in [0.25, 0.3) is 5.56 Å². The minimum Gasteiger partial charge on any atom is -0.478 e. The van der Waals surface area contributed by atoms with E-state index in [0.29, 0.717) is 18.1 Å². The first-order valence-corrected chi connectivity index (χ1v) is 11.2. The summed E-state index contributed by atoms with van der Waals surface area (Å²) in [4.78, 5) is 18.6. The van der Waals surface area contributed by atoms with E-state index in [9.17, 15) is 4.79 Å². The molecule has 31 heavy (non-hydrogen) atoms. The molecule has 0 spiro atoms. The Morgan fingerprint density at radius 2 is 2.10 bits per heavy atom. The highest BCUT2D eigenvalue weighted by Crippen LogP contribution is 2.27. The average Bonchev–Trinajstić information content (AvgIpc) is 2.99. The molecule has 2 N–H and O–H groups in total. The monoisotopic (exact) mass is 422 g/mol. The van der Waals surface area contributed by atoms with Crippen LogP contribution in [0.4, 0.5) is 0 Å². The Labute approximate surface area is 184 Å². The van der Waals surface area contributed by atoms with E-state index < -0.39 is 0 Å². The molecule has 1 aliphatic rings. The van der Waals surface area contributed by atoms with Crippen LogP contribution in [-0.2, 0) is 0 Å². The van der Waals surface area contributed by atoms with E-state index in [0.717, 1.165) is 55.4 Å². The molecule has 0 aliphatic carbocycles. The van der Waals surface area contributed by atoms with Crippen molar-refractivity contribution in [2.45, 2.75) is 46.0 Å². The lowest BCUT2D eigenvalue weighted by molar-refractivity contribution is 0.261. The maximum atomic E-state index is 11.7. The Morgan fingerprint density at radius 3 is 2.84 bits per heavy atom. The number of nitrogens with two attached hydrogens (primary N) is 1. The highest BCUT2D eigenvalue weighted by atomic mass is 16.5. The molecule has 3 heterocycles. The van der Waals surface area contributed by atoms with E-state index in [-0.39, 0.29) is 5.56 Å². The van der Waals surface area contributed by atoms with Crippen molar-refractivity contribution in [3.8, 4) is 5.88 Å². The van der Waals surface area contributed by atoms with Gasteiger partial charge >= 0.3 is 0 Å². The highest BCUT2D eigenvalue weighted by Gasteiger charge is 2.16. The number of unbranched alkanes of at least 4 members (excludes halogenated alkanes) is 1. The molecule has 2 aromatic heterocycles. The SMILES string of the molecule is C=CC1=C(/C(=C\C)CC)CCCN(CCCCOc2ccc3ccc(=O)n(N)c3n2)C1. The Hall–Kier alpha value is -2.86. The zero-order chi connectivity index (χ0) is 22.2. The summed E-state index contributed by atoms with van der Waals surface area (Å²) in [5, 5.41) is 0.810. The number of allylic oxidation sites excluding steroid dienone is 3. The summed E-state index contributed by atoms with van der Waals surface area (Å²) in [5.74, 6) is 6.29. The zero-order valence-electron chi connectivity index (χ0n) is 18.8. The topological polar surface area (TPSA) is 73.4 Å². The first-order chi connectivity index (χ1) is 15.1. The molecule has 3 rings (SSSR count). The Balaban J connectivity index is 1.51. The van der Waals surface area contributed by atoms with Crippen LogP contribution in [0.2, 0.25) is 0 Å². The van der Waals surface area contributed by atoms with Gasteiger partial charge in [0.1, 0.15) is 0 Å². The number of nitrogens with zero attached hydrogens (tertiary/aromatic N) is 3. The van der Waals surface area contributed by atoms with E-state index in [2.05, 4.69) is 36.4 Å². The lowest BCUT2D eigenvalue weighted by Crippen LogP contribution is -2.27. The fraction of sp³-hybridized carbons (Fsp3) is 0.440. The van der Waals surface area contributed by atoms with Crippen molar-refractivity contribution < 1.29 is 4.74 Å². The Bertz CT molecular complexity index is 1040. The average molecular weight is 423 g/mol. The van der Waals surface area contributed by atoms with Crippen molar-refractivity contribution in [2.75, 3.05) is 32.1 Å². The van der Waals surface area contributed by atoms with Crippen LogP contribution in [0.5, 0.6) is 5.88 Å². The third-order valence-electron chi connectivity index (χ3n) is 5.92. The molecule has 166 valence electrons. The van der Waals surface area contributed by atoms with Gasteiger partial charge in [-0.05, 0) is 81.0 Å². The molecule has 6 heteroatoms. The molecule has 0 atom stereocenters. The van der Waals surface area contributed by atoms with E-state index in [4.69, 9.17) is 10.6 Å². The van der Waals surface area contributed by atoms with Gasteiger partial charge in [0.05, 0.1) is 6.61 Å². The van der Waals surface area contributed by atoms with Gasteiger partial charge in [0.15, 0.2) is 5.65 Å². The molecule has 0 saturated carbocycles. The van der Waals surface area contributed by atoms with Crippen molar-refractivity contribution >= 4 is 11.0 Å². The molecule has 1 aliphatic heterocycles. The predicted octanol–water partition coefficient (Wildman–Crippen LogP) is 4.20. The van der Waals surface area contributed by atoms with Gasteiger partial charge in [-0.2, -0.15) is 4.98 Å². The van der Waals surface area contributed by atoms with Crippen LogP contribution in [0.25, 0.3) is 11.0 Å². The number of rotatable bonds is 9. The zero-order valence-corrected chi connectivity index (χ0v) is 18.8. The second-order valence-corrected chi connectivity index (χ2v) is 7.91. The fourth-order valence-corrected chi connectivity index (χ4v) is 4.20. The molecule has 0 saturated heterocycles. The maximum absolute atomic E-state index is 11.7. The van der Waals surface area contributed by atoms with Crippen molar-refractivity contribution in [1.82, 2.24) is 14.6 Å². The number of aromatic nitrogens is 2. The maximum Gasteiger partial charge on any atom is 0.270 e. The summed E-state index contributed by atoms with van der Waals surface area (Å²) in [6.45, 7) is 12.1. The van der Waals surface area contributed by atoms with Crippen molar-refractivity contribution in [1.29, 1.82) is 0 Å². The summed E-state index contributed by atoms with van der Waals surface area (Å²) in [7, 11) is 0. The van der Waals surface area contributed by atoms with Crippen molar-refractivity contribution in [3.05, 3.63) is 70.1 Å². The van der Waals surface area contributed by atoms with Crippen molar-refractivity contribution in [3.63, 3.8) is 0 Å². The van der Waals surface area contributed by atoms with Crippen LogP contribution in [0, 0.1) is 0 Å². The molecule has 2 aromatic rings. The summed E-state index contributed by atoms with van der Waals surface area (Å²) in [6.07, 6.45) is 9.67. The number of hydrogen-bond acceptors (Lipinski definition) is 5. The van der Waals surface area contributed by atoms with Crippen LogP contribution >= 0.6 is 0 Å². The van der Waals surface area contributed by atoms with Crippen LogP contribution in [0.3, 0.4) is 0 Å². The number of fused-ring (bicyclic) bond motifs is 1. The lowest BCUT2D eigenvalue weighted by atomic mass is 9.94. The molecule has 0 unspecified atom stereocenters. The van der Waals surface area contributed by atoms with Gasteiger partial charge in [-0.15, -0.1) is 0 Å². The third kappa shape index (κ3) is 5.64. The van der Waals surface area contributed by atoms with Gasteiger partial charge in [-0.3, -0.25) is 9.69 Å². The predicted molar refractivity (Wildman–Crippen MR) is 128 cm³/mol. The third-order valence-corrected chi connectivity index (χ3v) is 5.92. The molecular weight excluding hydrogens is 388 g/mol. The molecule has 0 aromatic carbocycles. The van der Waals surface area contributed by atoms with Gasteiger partial charge in [-0.1, -0.05) is 25.7 Å². The summed E-state index contributed by atoms with van der Waals surface area (Å²) >= 11 is 0. The molecule has 0 fully saturated rings. The second kappa shape index (κ2) is 11.0. The highest BCUT2D eigenvalue weighted by molar-refractivity contribution is 5.75. The second-order valence-electron chi connectivity index (χ2n) is 7.91. The minimum absolute atomic E-state index is 0.286. The molecule has 0 amide bonds. The fourth-order valence-electron chi connectivity index (χ4n) is 4.20. The molecule has 6 nitrogen and oxygen atoms in total. The van der Waals surface area contributed by atoms with E-state index in [1.807, 2.05) is 18.2 Å². The van der Waals surface area contributed by atoms with E-state index >= 15 is 0 Å². The smallest absolute Gasteiger partial charge is 0.270 e. The molecule has 0 radical (unpaired) electrons. The van der Waals surface area contributed by atoms with Crippen LogP contribution in [-0.4, -0.2) is 40.8 Å².